The Hall–Kier alpha value is -3.26. The zero-order chi connectivity index (χ0) is 21.4. The predicted molar refractivity (Wildman–Crippen MR) is 113 cm³/mol. The number of rotatable bonds is 5. The lowest BCUT2D eigenvalue weighted by molar-refractivity contribution is -0.141. The molecule has 2 aliphatic rings. The summed E-state index contributed by atoms with van der Waals surface area (Å²) in [7, 11) is 3.72. The second-order valence-electron chi connectivity index (χ2n) is 8.61. The molecule has 0 N–H and O–H groups in total. The van der Waals surface area contributed by atoms with Gasteiger partial charge in [-0.05, 0) is 43.3 Å². The number of carbonyl (C=O) groups is 1. The van der Waals surface area contributed by atoms with Crippen molar-refractivity contribution >= 4 is 5.91 Å². The van der Waals surface area contributed by atoms with Crippen molar-refractivity contribution in [1.82, 2.24) is 24.9 Å². The highest BCUT2D eigenvalue weighted by molar-refractivity contribution is 5.80. The molecule has 1 amide bonds. The Balaban J connectivity index is 1.22. The van der Waals surface area contributed by atoms with Gasteiger partial charge in [-0.1, -0.05) is 17.3 Å². The van der Waals surface area contributed by atoms with Gasteiger partial charge in [-0.3, -0.25) is 14.7 Å². The molecule has 0 saturated carbocycles. The average Bonchev–Trinajstić information content (AvgIpc) is 3.38. The van der Waals surface area contributed by atoms with Crippen LogP contribution in [0.1, 0.15) is 23.9 Å². The Morgan fingerprint density at radius 2 is 2.03 bits per heavy atom. The largest absolute Gasteiger partial charge is 0.497 e. The van der Waals surface area contributed by atoms with Crippen molar-refractivity contribution in [2.45, 2.75) is 18.9 Å². The topological polar surface area (TPSA) is 84.6 Å². The van der Waals surface area contributed by atoms with Crippen molar-refractivity contribution in [3.63, 3.8) is 0 Å². The summed E-state index contributed by atoms with van der Waals surface area (Å²) < 4.78 is 10.9. The lowest BCUT2D eigenvalue weighted by Gasteiger charge is -2.48. The number of nitrogens with zero attached hydrogens (tertiary/aromatic N) is 5. The lowest BCUT2D eigenvalue weighted by Crippen LogP contribution is -2.59. The van der Waals surface area contributed by atoms with Gasteiger partial charge in [0.15, 0.2) is 0 Å². The van der Waals surface area contributed by atoms with Gasteiger partial charge in [-0.2, -0.15) is 4.98 Å². The minimum atomic E-state index is 0.0683. The van der Waals surface area contributed by atoms with Crippen LogP contribution < -0.4 is 4.74 Å². The molecule has 0 bridgehead atoms. The molecule has 1 atom stereocenters. The molecule has 2 aliphatic heterocycles. The van der Waals surface area contributed by atoms with E-state index in [0.717, 1.165) is 42.9 Å². The summed E-state index contributed by atoms with van der Waals surface area (Å²) in [6.45, 7) is 2.44. The Morgan fingerprint density at radius 3 is 2.81 bits per heavy atom. The predicted octanol–water partition coefficient (Wildman–Crippen LogP) is 2.59. The van der Waals surface area contributed by atoms with Gasteiger partial charge >= 0.3 is 0 Å². The smallest absolute Gasteiger partial charge is 0.244 e. The molecular formula is C23H25N5O3. The molecule has 0 aliphatic carbocycles. The maximum absolute atomic E-state index is 12.8. The van der Waals surface area contributed by atoms with E-state index in [1.165, 1.54) is 0 Å². The fourth-order valence-electron chi connectivity index (χ4n) is 4.77. The molecule has 8 nitrogen and oxygen atoms in total. The van der Waals surface area contributed by atoms with Crippen LogP contribution in [0.15, 0.2) is 53.3 Å². The summed E-state index contributed by atoms with van der Waals surface area (Å²) >= 11 is 0. The van der Waals surface area contributed by atoms with E-state index < -0.39 is 0 Å². The SMILES string of the molecule is COc1cccc(CC(=O)N2CC3(CC(c4nc(-c5ccncc5)no4)N(C)C3)C2)c1. The zero-order valence-corrected chi connectivity index (χ0v) is 17.7. The highest BCUT2D eigenvalue weighted by Gasteiger charge is 2.53. The number of likely N-dealkylation sites (tertiary alicyclic amines) is 2. The van der Waals surface area contributed by atoms with Gasteiger partial charge < -0.3 is 14.2 Å². The summed E-state index contributed by atoms with van der Waals surface area (Å²) in [4.78, 5) is 25.6. The van der Waals surface area contributed by atoms with Crippen LogP contribution in [0.25, 0.3) is 11.4 Å². The average molecular weight is 419 g/mol. The fourth-order valence-corrected chi connectivity index (χ4v) is 4.77. The van der Waals surface area contributed by atoms with E-state index in [-0.39, 0.29) is 17.4 Å². The van der Waals surface area contributed by atoms with Gasteiger partial charge in [-0.15, -0.1) is 0 Å². The second kappa shape index (κ2) is 7.77. The Morgan fingerprint density at radius 1 is 1.23 bits per heavy atom. The molecule has 2 aromatic heterocycles. The molecule has 160 valence electrons. The standard InChI is InChI=1S/C23H25N5O3/c1-27-13-23(12-19(27)22-25-21(26-31-22)17-6-8-24-9-7-17)14-28(15-23)20(29)11-16-4-3-5-18(10-16)30-2/h3-10,19H,11-15H2,1-2H3. The first-order chi connectivity index (χ1) is 15.0. The normalized spacial score (nSPS) is 20.1. The van der Waals surface area contributed by atoms with Crippen LogP contribution in [-0.2, 0) is 11.2 Å². The summed E-state index contributed by atoms with van der Waals surface area (Å²) in [6, 6.07) is 11.5. The third-order valence-corrected chi connectivity index (χ3v) is 6.30. The number of pyridine rings is 1. The van der Waals surface area contributed by atoms with Crippen molar-refractivity contribution in [2.75, 3.05) is 33.8 Å². The lowest BCUT2D eigenvalue weighted by atomic mass is 9.77. The minimum Gasteiger partial charge on any atom is -0.497 e. The first-order valence-corrected chi connectivity index (χ1v) is 10.4. The van der Waals surface area contributed by atoms with Crippen molar-refractivity contribution in [1.29, 1.82) is 0 Å². The first-order valence-electron chi connectivity index (χ1n) is 10.4. The fraction of sp³-hybridized carbons (Fsp3) is 0.391. The Kier molecular flexibility index (Phi) is 4.94. The van der Waals surface area contributed by atoms with Crippen LogP contribution in [-0.4, -0.2) is 64.6 Å². The quantitative estimate of drug-likeness (QED) is 0.628. The van der Waals surface area contributed by atoms with Gasteiger partial charge in [0.1, 0.15) is 5.75 Å². The van der Waals surface area contributed by atoms with Crippen LogP contribution in [0.4, 0.5) is 0 Å². The monoisotopic (exact) mass is 419 g/mol. The van der Waals surface area contributed by atoms with Crippen molar-refractivity contribution in [3.05, 3.63) is 60.2 Å². The highest BCUT2D eigenvalue weighted by atomic mass is 16.5. The molecule has 1 aromatic carbocycles. The van der Waals surface area contributed by atoms with E-state index in [2.05, 4.69) is 27.1 Å². The summed E-state index contributed by atoms with van der Waals surface area (Å²) in [5, 5.41) is 4.15. The van der Waals surface area contributed by atoms with Crippen LogP contribution in [0.3, 0.4) is 0 Å². The molecular weight excluding hydrogens is 394 g/mol. The number of carbonyl (C=O) groups excluding carboxylic acids is 1. The van der Waals surface area contributed by atoms with E-state index in [0.29, 0.717) is 18.1 Å². The molecule has 3 aromatic rings. The van der Waals surface area contributed by atoms with Crippen LogP contribution in [0.5, 0.6) is 5.75 Å². The maximum atomic E-state index is 12.8. The van der Waals surface area contributed by atoms with E-state index in [1.807, 2.05) is 41.3 Å². The highest BCUT2D eigenvalue weighted by Crippen LogP contribution is 2.47. The summed E-state index contributed by atoms with van der Waals surface area (Å²) in [5.74, 6) is 2.14. The van der Waals surface area contributed by atoms with Gasteiger partial charge in [0.05, 0.1) is 19.6 Å². The number of benzene rings is 1. The third kappa shape index (κ3) is 3.79. The first kappa shape index (κ1) is 19.7. The molecule has 8 heteroatoms. The number of hydrogen-bond acceptors (Lipinski definition) is 7. The van der Waals surface area contributed by atoms with Crippen LogP contribution in [0, 0.1) is 5.41 Å². The zero-order valence-electron chi connectivity index (χ0n) is 17.7. The molecule has 5 rings (SSSR count). The van der Waals surface area contributed by atoms with Gasteiger partial charge in [0, 0.05) is 43.0 Å². The molecule has 1 spiro atoms. The van der Waals surface area contributed by atoms with Crippen LogP contribution in [0.2, 0.25) is 0 Å². The molecule has 2 saturated heterocycles. The Bertz CT molecular complexity index is 1080. The second-order valence-corrected chi connectivity index (χ2v) is 8.61. The van der Waals surface area contributed by atoms with E-state index >= 15 is 0 Å². The summed E-state index contributed by atoms with van der Waals surface area (Å²) in [6.07, 6.45) is 4.73. The number of methoxy groups -OCH3 is 1. The van der Waals surface area contributed by atoms with Gasteiger partial charge in [0.2, 0.25) is 17.6 Å². The van der Waals surface area contributed by atoms with Crippen LogP contribution >= 0.6 is 0 Å². The third-order valence-electron chi connectivity index (χ3n) is 6.30. The Labute approximate surface area is 180 Å². The molecule has 0 radical (unpaired) electrons. The minimum absolute atomic E-state index is 0.0683. The number of amides is 1. The van der Waals surface area contributed by atoms with E-state index in [9.17, 15) is 4.79 Å². The maximum Gasteiger partial charge on any atom is 0.244 e. The van der Waals surface area contributed by atoms with E-state index in [4.69, 9.17) is 9.26 Å². The summed E-state index contributed by atoms with van der Waals surface area (Å²) in [5.41, 5.74) is 1.95. The van der Waals surface area contributed by atoms with Crippen molar-refractivity contribution in [3.8, 4) is 17.1 Å². The molecule has 31 heavy (non-hydrogen) atoms. The van der Waals surface area contributed by atoms with Crippen molar-refractivity contribution in [2.24, 2.45) is 5.41 Å². The van der Waals surface area contributed by atoms with Gasteiger partial charge in [-0.25, -0.2) is 0 Å². The molecule has 1 unspecified atom stereocenters. The molecule has 2 fully saturated rings. The number of hydrogen-bond donors (Lipinski definition) is 0. The number of ether oxygens (including phenoxy) is 1. The number of aromatic nitrogens is 3. The molecule has 4 heterocycles. The van der Waals surface area contributed by atoms with E-state index in [1.54, 1.807) is 19.5 Å². The van der Waals surface area contributed by atoms with Crippen molar-refractivity contribution < 1.29 is 14.1 Å². The van der Waals surface area contributed by atoms with Gasteiger partial charge in [0.25, 0.3) is 0 Å².